The van der Waals surface area contributed by atoms with Crippen molar-refractivity contribution in [2.24, 2.45) is 0 Å². The number of imidazole rings is 1. The lowest BCUT2D eigenvalue weighted by Gasteiger charge is -2.15. The van der Waals surface area contributed by atoms with Crippen LogP contribution in [0.15, 0.2) is 17.6 Å². The average molecular weight is 214 g/mol. The van der Waals surface area contributed by atoms with E-state index in [0.29, 0.717) is 0 Å². The minimum Gasteiger partial charge on any atom is -0.334 e. The number of H-pyrrole nitrogens is 1. The number of hydrogen-bond acceptors (Lipinski definition) is 4. The van der Waals surface area contributed by atoms with E-state index in [9.17, 15) is 8.42 Å². The van der Waals surface area contributed by atoms with E-state index in [2.05, 4.69) is 14.7 Å². The van der Waals surface area contributed by atoms with Crippen LogP contribution in [-0.4, -0.2) is 23.9 Å². The van der Waals surface area contributed by atoms with E-state index in [1.54, 1.807) is 0 Å². The zero-order chi connectivity index (χ0) is 10.8. The molecule has 0 aromatic carbocycles. The van der Waals surface area contributed by atoms with Gasteiger partial charge in [-0.3, -0.25) is 0 Å². The SMILES string of the molecule is CC(C)(C#N)NS(=O)(=O)c1ncc[nH]1. The molecule has 0 fully saturated rings. The van der Waals surface area contributed by atoms with Gasteiger partial charge in [-0.2, -0.15) is 9.98 Å². The van der Waals surface area contributed by atoms with Crippen LogP contribution in [0.4, 0.5) is 0 Å². The Kier molecular flexibility index (Phi) is 2.59. The molecule has 7 heteroatoms. The molecule has 0 aliphatic carbocycles. The number of aromatic nitrogens is 2. The molecule has 0 atom stereocenters. The van der Waals surface area contributed by atoms with E-state index in [4.69, 9.17) is 5.26 Å². The summed E-state index contributed by atoms with van der Waals surface area (Å²) in [6.07, 6.45) is 2.72. The standard InChI is InChI=1S/C7H10N4O2S/c1-7(2,5-8)11-14(12,13)6-9-3-4-10-6/h3-4,11H,1-2H3,(H,9,10). The number of rotatable bonds is 3. The van der Waals surface area contributed by atoms with Gasteiger partial charge in [-0.15, -0.1) is 0 Å². The summed E-state index contributed by atoms with van der Waals surface area (Å²) in [5.74, 6) is 0. The zero-order valence-electron chi connectivity index (χ0n) is 7.77. The highest BCUT2D eigenvalue weighted by molar-refractivity contribution is 7.89. The molecule has 1 heterocycles. The smallest absolute Gasteiger partial charge is 0.275 e. The predicted octanol–water partition coefficient (Wildman–Crippen LogP) is -0.00982. The largest absolute Gasteiger partial charge is 0.334 e. The van der Waals surface area contributed by atoms with E-state index in [1.807, 2.05) is 6.07 Å². The summed E-state index contributed by atoms with van der Waals surface area (Å²) in [7, 11) is -3.73. The fourth-order valence-electron chi connectivity index (χ4n) is 0.805. The second-order valence-corrected chi connectivity index (χ2v) is 4.83. The van der Waals surface area contributed by atoms with Crippen LogP contribution in [0, 0.1) is 11.3 Å². The van der Waals surface area contributed by atoms with Crippen molar-refractivity contribution in [1.29, 1.82) is 5.26 Å². The number of sulfonamides is 1. The van der Waals surface area contributed by atoms with Gasteiger partial charge in [0.2, 0.25) is 5.16 Å². The van der Waals surface area contributed by atoms with Crippen LogP contribution in [0.2, 0.25) is 0 Å². The fraction of sp³-hybridized carbons (Fsp3) is 0.429. The molecule has 0 saturated carbocycles. The lowest BCUT2D eigenvalue weighted by atomic mass is 10.1. The second-order valence-electron chi connectivity index (χ2n) is 3.24. The first-order valence-corrected chi connectivity index (χ1v) is 5.30. The third-order valence-electron chi connectivity index (χ3n) is 1.40. The Balaban J connectivity index is 2.97. The summed E-state index contributed by atoms with van der Waals surface area (Å²) < 4.78 is 25.2. The summed E-state index contributed by atoms with van der Waals surface area (Å²) in [5, 5.41) is 8.45. The minimum atomic E-state index is -3.73. The third-order valence-corrected chi connectivity index (χ3v) is 2.91. The van der Waals surface area contributed by atoms with Crippen molar-refractivity contribution in [3.8, 4) is 6.07 Å². The summed E-state index contributed by atoms with van der Waals surface area (Å²) in [4.78, 5) is 6.04. The maximum Gasteiger partial charge on any atom is 0.275 e. The van der Waals surface area contributed by atoms with E-state index < -0.39 is 15.6 Å². The van der Waals surface area contributed by atoms with Gasteiger partial charge in [0.05, 0.1) is 6.07 Å². The molecular weight excluding hydrogens is 204 g/mol. The minimum absolute atomic E-state index is 0.194. The monoisotopic (exact) mass is 214 g/mol. The maximum atomic E-state index is 11.5. The Bertz CT molecular complexity index is 441. The lowest BCUT2D eigenvalue weighted by molar-refractivity contribution is 0.530. The van der Waals surface area contributed by atoms with Gasteiger partial charge < -0.3 is 4.98 Å². The van der Waals surface area contributed by atoms with Crippen molar-refractivity contribution < 1.29 is 8.42 Å². The Morgan fingerprint density at radius 3 is 2.71 bits per heavy atom. The lowest BCUT2D eigenvalue weighted by Crippen LogP contribution is -2.42. The molecule has 76 valence electrons. The van der Waals surface area contributed by atoms with Crippen LogP contribution in [0.5, 0.6) is 0 Å². The third kappa shape index (κ3) is 2.31. The topological polar surface area (TPSA) is 98.6 Å². The molecule has 2 N–H and O–H groups in total. The van der Waals surface area contributed by atoms with Gasteiger partial charge in [-0.1, -0.05) is 0 Å². The molecule has 0 radical (unpaired) electrons. The van der Waals surface area contributed by atoms with E-state index in [0.717, 1.165) is 0 Å². The summed E-state index contributed by atoms with van der Waals surface area (Å²) >= 11 is 0. The highest BCUT2D eigenvalue weighted by Gasteiger charge is 2.27. The molecule has 0 aliphatic heterocycles. The molecule has 0 unspecified atom stereocenters. The van der Waals surface area contributed by atoms with Crippen molar-refractivity contribution >= 4 is 10.0 Å². The van der Waals surface area contributed by atoms with Gasteiger partial charge >= 0.3 is 0 Å². The summed E-state index contributed by atoms with van der Waals surface area (Å²) in [6.45, 7) is 2.93. The van der Waals surface area contributed by atoms with Crippen LogP contribution in [-0.2, 0) is 10.0 Å². The predicted molar refractivity (Wildman–Crippen MR) is 48.6 cm³/mol. The van der Waals surface area contributed by atoms with E-state index in [-0.39, 0.29) is 5.16 Å². The van der Waals surface area contributed by atoms with Crippen LogP contribution >= 0.6 is 0 Å². The van der Waals surface area contributed by atoms with Gasteiger partial charge in [0.1, 0.15) is 5.54 Å². The van der Waals surface area contributed by atoms with E-state index in [1.165, 1.54) is 26.2 Å². The number of aromatic amines is 1. The number of hydrogen-bond donors (Lipinski definition) is 2. The van der Waals surface area contributed by atoms with Gasteiger partial charge in [-0.25, -0.2) is 13.4 Å². The number of nitriles is 1. The van der Waals surface area contributed by atoms with Gasteiger partial charge in [0, 0.05) is 12.4 Å². The fourth-order valence-corrected chi connectivity index (χ4v) is 2.04. The highest BCUT2D eigenvalue weighted by atomic mass is 32.2. The molecule has 0 amide bonds. The maximum absolute atomic E-state index is 11.5. The molecule has 0 spiro atoms. The van der Waals surface area contributed by atoms with Crippen LogP contribution in [0.25, 0.3) is 0 Å². The summed E-state index contributed by atoms with van der Waals surface area (Å²) in [5.41, 5.74) is -1.15. The molecule has 1 rings (SSSR count). The first-order valence-electron chi connectivity index (χ1n) is 3.82. The normalized spacial score (nSPS) is 12.4. The summed E-state index contributed by atoms with van der Waals surface area (Å²) in [6, 6.07) is 1.83. The first-order chi connectivity index (χ1) is 6.37. The second kappa shape index (κ2) is 3.40. The van der Waals surface area contributed by atoms with Crippen molar-refractivity contribution in [2.45, 2.75) is 24.5 Å². The molecule has 6 nitrogen and oxygen atoms in total. The van der Waals surface area contributed by atoms with Gasteiger partial charge in [0.15, 0.2) is 0 Å². The molecule has 0 bridgehead atoms. The van der Waals surface area contributed by atoms with Crippen LogP contribution in [0.1, 0.15) is 13.8 Å². The van der Waals surface area contributed by atoms with Crippen LogP contribution < -0.4 is 4.72 Å². The quantitative estimate of drug-likeness (QED) is 0.739. The Labute approximate surface area is 82.0 Å². The van der Waals surface area contributed by atoms with Crippen molar-refractivity contribution in [3.63, 3.8) is 0 Å². The van der Waals surface area contributed by atoms with Crippen molar-refractivity contribution in [3.05, 3.63) is 12.4 Å². The first kappa shape index (κ1) is 10.7. The Morgan fingerprint density at radius 1 is 1.64 bits per heavy atom. The van der Waals surface area contributed by atoms with Gasteiger partial charge in [0.25, 0.3) is 10.0 Å². The molecule has 0 aliphatic rings. The molecular formula is C7H10N4O2S. The van der Waals surface area contributed by atoms with Crippen molar-refractivity contribution in [2.75, 3.05) is 0 Å². The number of nitrogens with one attached hydrogen (secondary N) is 2. The zero-order valence-corrected chi connectivity index (χ0v) is 8.59. The molecule has 1 aromatic heterocycles. The Hall–Kier alpha value is -1.39. The van der Waals surface area contributed by atoms with E-state index >= 15 is 0 Å². The van der Waals surface area contributed by atoms with Crippen LogP contribution in [0.3, 0.4) is 0 Å². The highest BCUT2D eigenvalue weighted by Crippen LogP contribution is 2.07. The van der Waals surface area contributed by atoms with Crippen molar-refractivity contribution in [1.82, 2.24) is 14.7 Å². The number of nitrogens with zero attached hydrogens (tertiary/aromatic N) is 2. The van der Waals surface area contributed by atoms with Gasteiger partial charge in [-0.05, 0) is 13.8 Å². The Morgan fingerprint density at radius 2 is 2.29 bits per heavy atom. The average Bonchev–Trinajstić information content (AvgIpc) is 2.54. The molecule has 14 heavy (non-hydrogen) atoms. The molecule has 0 saturated heterocycles. The molecule has 1 aromatic rings.